The zero-order valence-corrected chi connectivity index (χ0v) is 25.0. The molecule has 0 radical (unpaired) electrons. The van der Waals surface area contributed by atoms with Crippen LogP contribution in [0.2, 0.25) is 0 Å². The summed E-state index contributed by atoms with van der Waals surface area (Å²) < 4.78 is 21.4. The van der Waals surface area contributed by atoms with Crippen molar-refractivity contribution in [3.8, 4) is 17.2 Å². The van der Waals surface area contributed by atoms with Crippen molar-refractivity contribution in [1.29, 1.82) is 0 Å². The molecule has 10 heteroatoms. The Morgan fingerprint density at radius 1 is 0.682 bits per heavy atom. The maximum absolute atomic E-state index is 12.6. The molecule has 2 N–H and O–H groups in total. The van der Waals surface area contributed by atoms with Gasteiger partial charge in [0.2, 0.25) is 0 Å². The molecule has 4 aromatic carbocycles. The van der Waals surface area contributed by atoms with Crippen molar-refractivity contribution < 1.29 is 33.3 Å². The molecule has 0 saturated carbocycles. The van der Waals surface area contributed by atoms with Crippen molar-refractivity contribution in [2.75, 3.05) is 43.0 Å². The molecule has 4 aromatic rings. The molecule has 0 aromatic heterocycles. The van der Waals surface area contributed by atoms with E-state index in [4.69, 9.17) is 18.9 Å². The van der Waals surface area contributed by atoms with Gasteiger partial charge in [-0.05, 0) is 80.6 Å². The fourth-order valence-corrected chi connectivity index (χ4v) is 4.44. The van der Waals surface area contributed by atoms with Crippen LogP contribution >= 0.6 is 0 Å². The van der Waals surface area contributed by atoms with Gasteiger partial charge in [0.1, 0.15) is 5.75 Å². The van der Waals surface area contributed by atoms with Crippen LogP contribution in [-0.4, -0.2) is 51.3 Å². The Morgan fingerprint density at radius 2 is 1.32 bits per heavy atom. The smallest absolute Gasteiger partial charge is 0.338 e. The van der Waals surface area contributed by atoms with Crippen LogP contribution in [0.25, 0.3) is 0 Å². The van der Waals surface area contributed by atoms with Gasteiger partial charge < -0.3 is 34.5 Å². The summed E-state index contributed by atoms with van der Waals surface area (Å²) >= 11 is 0. The van der Waals surface area contributed by atoms with E-state index in [0.29, 0.717) is 17.1 Å². The van der Waals surface area contributed by atoms with Crippen molar-refractivity contribution in [3.05, 3.63) is 103 Å². The minimum absolute atomic E-state index is 0.152. The third kappa shape index (κ3) is 8.28. The normalized spacial score (nSPS) is 10.5. The van der Waals surface area contributed by atoms with Crippen LogP contribution in [0.3, 0.4) is 0 Å². The number of rotatable bonds is 13. The van der Waals surface area contributed by atoms with Gasteiger partial charge in [-0.3, -0.25) is 9.59 Å². The van der Waals surface area contributed by atoms with Crippen LogP contribution in [0, 0.1) is 0 Å². The van der Waals surface area contributed by atoms with Gasteiger partial charge in [0.15, 0.2) is 24.7 Å². The Balaban J connectivity index is 1.29. The molecule has 10 nitrogen and oxygen atoms in total. The number of hydrogen-bond donors (Lipinski definition) is 2. The summed E-state index contributed by atoms with van der Waals surface area (Å²) in [7, 11) is 2.92. The number of carbonyl (C=O) groups is 3. The predicted molar refractivity (Wildman–Crippen MR) is 169 cm³/mol. The number of nitrogens with zero attached hydrogens (tertiary/aromatic N) is 1. The first-order valence-electron chi connectivity index (χ1n) is 13.9. The quantitative estimate of drug-likeness (QED) is 0.179. The molecule has 0 fully saturated rings. The van der Waals surface area contributed by atoms with Crippen molar-refractivity contribution in [3.63, 3.8) is 0 Å². The lowest BCUT2D eigenvalue weighted by molar-refractivity contribution is -0.119. The van der Waals surface area contributed by atoms with Crippen molar-refractivity contribution in [2.45, 2.75) is 19.9 Å². The first-order valence-corrected chi connectivity index (χ1v) is 13.9. The fourth-order valence-electron chi connectivity index (χ4n) is 4.44. The maximum Gasteiger partial charge on any atom is 0.338 e. The average molecular weight is 598 g/mol. The van der Waals surface area contributed by atoms with E-state index in [-0.39, 0.29) is 29.7 Å². The van der Waals surface area contributed by atoms with Crippen LogP contribution in [0.1, 0.15) is 24.2 Å². The summed E-state index contributed by atoms with van der Waals surface area (Å²) in [5.41, 5.74) is 3.28. The molecule has 44 heavy (non-hydrogen) atoms. The van der Waals surface area contributed by atoms with Gasteiger partial charge in [0.25, 0.3) is 11.8 Å². The van der Waals surface area contributed by atoms with Crippen LogP contribution < -0.4 is 29.7 Å². The van der Waals surface area contributed by atoms with Crippen LogP contribution in [-0.2, 0) is 14.3 Å². The molecule has 0 saturated heterocycles. The summed E-state index contributed by atoms with van der Waals surface area (Å²) in [5.74, 6) is -0.616. The number of anilines is 4. The average Bonchev–Trinajstić information content (AvgIpc) is 3.04. The Morgan fingerprint density at radius 3 is 2.00 bits per heavy atom. The molecule has 0 heterocycles. The number of amides is 2. The lowest BCUT2D eigenvalue weighted by atomic mass is 10.2. The lowest BCUT2D eigenvalue weighted by Crippen LogP contribution is -2.25. The highest BCUT2D eigenvalue weighted by Crippen LogP contribution is 2.30. The van der Waals surface area contributed by atoms with Gasteiger partial charge in [-0.25, -0.2) is 4.79 Å². The zero-order chi connectivity index (χ0) is 31.5. The standard InChI is InChI=1S/C34H35N3O7/c1-23(2)37(26-10-6-5-7-11-26)27-17-15-25(16-18-27)35-32(38)22-44-34(40)24-14-19-30(31(20-24)42-4)43-21-33(39)36-28-12-8-9-13-29(28)41-3/h5-20,23H,21-22H2,1-4H3,(H,35,38)(H,36,39). The van der Waals surface area contributed by atoms with E-state index in [2.05, 4.69) is 29.4 Å². The Hall–Kier alpha value is -5.51. The second-order valence-electron chi connectivity index (χ2n) is 9.87. The summed E-state index contributed by atoms with van der Waals surface area (Å²) in [5, 5.41) is 5.46. The molecule has 4 rings (SSSR count). The zero-order valence-electron chi connectivity index (χ0n) is 25.0. The number of nitrogens with one attached hydrogen (secondary N) is 2. The van der Waals surface area contributed by atoms with Gasteiger partial charge in [0.05, 0.1) is 25.5 Å². The topological polar surface area (TPSA) is 115 Å². The first kappa shape index (κ1) is 31.4. The van der Waals surface area contributed by atoms with Crippen molar-refractivity contribution in [1.82, 2.24) is 0 Å². The number of benzene rings is 4. The predicted octanol–water partition coefficient (Wildman–Crippen LogP) is 6.06. The maximum atomic E-state index is 12.6. The van der Waals surface area contributed by atoms with Gasteiger partial charge >= 0.3 is 5.97 Å². The summed E-state index contributed by atoms with van der Waals surface area (Å²) in [6, 6.07) is 29.1. The SMILES string of the molecule is COc1ccccc1NC(=O)COc1ccc(C(=O)OCC(=O)Nc2ccc(N(c3ccccc3)C(C)C)cc2)cc1OC. The molecule has 0 spiro atoms. The summed E-state index contributed by atoms with van der Waals surface area (Å²) in [4.78, 5) is 39.7. The Bertz CT molecular complexity index is 1570. The van der Waals surface area contributed by atoms with Crippen LogP contribution in [0.4, 0.5) is 22.7 Å². The third-order valence-corrected chi connectivity index (χ3v) is 6.45. The van der Waals surface area contributed by atoms with Crippen LogP contribution in [0.5, 0.6) is 17.2 Å². The van der Waals surface area contributed by atoms with E-state index in [0.717, 1.165) is 11.4 Å². The number of methoxy groups -OCH3 is 2. The summed E-state index contributed by atoms with van der Waals surface area (Å²) in [6.45, 7) is 3.43. The molecule has 0 atom stereocenters. The van der Waals surface area contributed by atoms with E-state index in [1.165, 1.54) is 32.4 Å². The Labute approximate surface area is 256 Å². The number of ether oxygens (including phenoxy) is 4. The lowest BCUT2D eigenvalue weighted by Gasteiger charge is -2.29. The van der Waals surface area contributed by atoms with E-state index in [1.54, 1.807) is 36.4 Å². The molecule has 0 aliphatic rings. The highest BCUT2D eigenvalue weighted by Gasteiger charge is 2.17. The monoisotopic (exact) mass is 597 g/mol. The number of para-hydroxylation sites is 3. The second kappa shape index (κ2) is 15.1. The molecule has 0 aliphatic heterocycles. The van der Waals surface area contributed by atoms with Crippen molar-refractivity contribution in [2.24, 2.45) is 0 Å². The molecule has 0 unspecified atom stereocenters. The van der Waals surface area contributed by atoms with E-state index in [1.807, 2.05) is 42.5 Å². The first-order chi connectivity index (χ1) is 21.3. The third-order valence-electron chi connectivity index (χ3n) is 6.45. The van der Waals surface area contributed by atoms with E-state index in [9.17, 15) is 14.4 Å². The minimum atomic E-state index is -0.718. The molecule has 228 valence electrons. The molecule has 2 amide bonds. The largest absolute Gasteiger partial charge is 0.495 e. The highest BCUT2D eigenvalue weighted by atomic mass is 16.5. The molecular formula is C34H35N3O7. The van der Waals surface area contributed by atoms with Gasteiger partial charge in [0, 0.05) is 23.1 Å². The highest BCUT2D eigenvalue weighted by molar-refractivity contribution is 5.96. The van der Waals surface area contributed by atoms with Gasteiger partial charge in [-0.15, -0.1) is 0 Å². The van der Waals surface area contributed by atoms with Crippen LogP contribution in [0.15, 0.2) is 97.1 Å². The molecule has 0 aliphatic carbocycles. The number of esters is 1. The van der Waals surface area contributed by atoms with Crippen molar-refractivity contribution >= 4 is 40.5 Å². The Kier molecular flexibility index (Phi) is 10.8. The second-order valence-corrected chi connectivity index (χ2v) is 9.87. The van der Waals surface area contributed by atoms with E-state index >= 15 is 0 Å². The molecule has 0 bridgehead atoms. The van der Waals surface area contributed by atoms with Gasteiger partial charge in [-0.1, -0.05) is 30.3 Å². The van der Waals surface area contributed by atoms with Gasteiger partial charge in [-0.2, -0.15) is 0 Å². The summed E-state index contributed by atoms with van der Waals surface area (Å²) in [6.07, 6.45) is 0. The number of carbonyl (C=O) groups excluding carboxylic acids is 3. The molecular weight excluding hydrogens is 562 g/mol. The van der Waals surface area contributed by atoms with E-state index < -0.39 is 24.4 Å². The minimum Gasteiger partial charge on any atom is -0.495 e. The number of hydrogen-bond acceptors (Lipinski definition) is 8. The fraction of sp³-hybridized carbons (Fsp3) is 0.206.